The molecule has 6 nitrogen and oxygen atoms in total. The Hall–Kier alpha value is -2.84. The van der Waals surface area contributed by atoms with Gasteiger partial charge in [0.05, 0.1) is 6.61 Å². The van der Waals surface area contributed by atoms with Gasteiger partial charge in [-0.25, -0.2) is 4.98 Å². The molecule has 0 atom stereocenters. The lowest BCUT2D eigenvalue weighted by Gasteiger charge is -2.12. The fourth-order valence-electron chi connectivity index (χ4n) is 2.11. The number of pyridine rings is 2. The molecule has 0 aliphatic carbocycles. The summed E-state index contributed by atoms with van der Waals surface area (Å²) in [4.78, 5) is 27.8. The van der Waals surface area contributed by atoms with Crippen LogP contribution >= 0.6 is 0 Å². The van der Waals surface area contributed by atoms with E-state index < -0.39 is 29.8 Å². The molecule has 9 heteroatoms. The Bertz CT molecular complexity index is 803. The second-order valence-corrected chi connectivity index (χ2v) is 5.03. The molecule has 2 heterocycles. The van der Waals surface area contributed by atoms with Crippen LogP contribution in [0.3, 0.4) is 0 Å². The maximum atomic E-state index is 12.7. The lowest BCUT2D eigenvalue weighted by molar-refractivity contribution is -0.139. The number of aromatic nitrogens is 2. The molecule has 1 N–H and O–H groups in total. The largest absolute Gasteiger partial charge is 0.478 e. The second kappa shape index (κ2) is 7.82. The van der Waals surface area contributed by atoms with Crippen LogP contribution in [0.2, 0.25) is 0 Å². The third-order valence-electron chi connectivity index (χ3n) is 3.25. The Morgan fingerprint density at radius 1 is 1.32 bits per heavy atom. The number of halogens is 3. The van der Waals surface area contributed by atoms with E-state index >= 15 is 0 Å². The van der Waals surface area contributed by atoms with Gasteiger partial charge in [-0.1, -0.05) is 6.07 Å². The fraction of sp³-hybridized carbons (Fsp3) is 0.312. The molecule has 0 aliphatic rings. The van der Waals surface area contributed by atoms with E-state index in [1.54, 1.807) is 25.3 Å². The maximum absolute atomic E-state index is 12.7. The molecule has 2 rings (SSSR count). The van der Waals surface area contributed by atoms with Crippen molar-refractivity contribution in [1.82, 2.24) is 14.9 Å². The first kappa shape index (κ1) is 18.5. The molecule has 1 amide bonds. The maximum Gasteiger partial charge on any atom is 0.421 e. The minimum Gasteiger partial charge on any atom is -0.478 e. The zero-order chi connectivity index (χ0) is 18.4. The van der Waals surface area contributed by atoms with Crippen LogP contribution in [0.15, 0.2) is 41.5 Å². The molecule has 2 aromatic rings. The topological polar surface area (TPSA) is 73.2 Å². The molecule has 0 saturated carbocycles. The van der Waals surface area contributed by atoms with Gasteiger partial charge in [-0.05, 0) is 25.1 Å². The van der Waals surface area contributed by atoms with Gasteiger partial charge in [0.1, 0.15) is 12.1 Å². The molecule has 0 aromatic carbocycles. The van der Waals surface area contributed by atoms with Crippen LogP contribution in [-0.4, -0.2) is 22.1 Å². The van der Waals surface area contributed by atoms with Crippen molar-refractivity contribution in [3.05, 3.63) is 58.1 Å². The summed E-state index contributed by atoms with van der Waals surface area (Å²) in [7, 11) is 0. The Morgan fingerprint density at radius 3 is 2.76 bits per heavy atom. The van der Waals surface area contributed by atoms with Gasteiger partial charge in [0.15, 0.2) is 0 Å². The number of nitrogens with one attached hydrogen (secondary N) is 1. The summed E-state index contributed by atoms with van der Waals surface area (Å²) < 4.78 is 44.2. The van der Waals surface area contributed by atoms with Gasteiger partial charge in [0.2, 0.25) is 11.8 Å². The van der Waals surface area contributed by atoms with E-state index in [0.717, 1.165) is 12.3 Å². The summed E-state index contributed by atoms with van der Waals surface area (Å²) in [6.07, 6.45) is -2.09. The smallest absolute Gasteiger partial charge is 0.421 e. The van der Waals surface area contributed by atoms with Crippen molar-refractivity contribution in [3.8, 4) is 5.88 Å². The van der Waals surface area contributed by atoms with Gasteiger partial charge in [0, 0.05) is 24.5 Å². The first-order valence-electron chi connectivity index (χ1n) is 7.43. The van der Waals surface area contributed by atoms with Crippen LogP contribution < -0.4 is 15.6 Å². The van der Waals surface area contributed by atoms with E-state index in [1.165, 1.54) is 0 Å². The highest BCUT2D eigenvalue weighted by Gasteiger charge is 2.34. The van der Waals surface area contributed by atoms with Crippen molar-refractivity contribution < 1.29 is 22.7 Å². The lowest BCUT2D eigenvalue weighted by atomic mass is 10.2. The van der Waals surface area contributed by atoms with Gasteiger partial charge >= 0.3 is 6.18 Å². The van der Waals surface area contributed by atoms with E-state index in [0.29, 0.717) is 28.7 Å². The summed E-state index contributed by atoms with van der Waals surface area (Å²) >= 11 is 0. The quantitative estimate of drug-likeness (QED) is 0.860. The minimum atomic E-state index is -4.77. The Labute approximate surface area is 141 Å². The summed E-state index contributed by atoms with van der Waals surface area (Å²) in [5, 5.41) is 2.53. The van der Waals surface area contributed by atoms with Gasteiger partial charge in [-0.2, -0.15) is 13.2 Å². The predicted molar refractivity (Wildman–Crippen MR) is 83.0 cm³/mol. The molecule has 0 spiro atoms. The van der Waals surface area contributed by atoms with Crippen LogP contribution in [0.4, 0.5) is 13.2 Å². The summed E-state index contributed by atoms with van der Waals surface area (Å²) in [5.41, 5.74) is -1.95. The number of carbonyl (C=O) groups is 1. The molecule has 0 fully saturated rings. The van der Waals surface area contributed by atoms with Crippen LogP contribution in [0.5, 0.6) is 5.88 Å². The highest BCUT2D eigenvalue weighted by molar-refractivity contribution is 5.75. The van der Waals surface area contributed by atoms with Gasteiger partial charge in [0.25, 0.3) is 5.56 Å². The molecular weight excluding hydrogens is 339 g/mol. The highest BCUT2D eigenvalue weighted by atomic mass is 19.4. The van der Waals surface area contributed by atoms with E-state index in [-0.39, 0.29) is 6.54 Å². The molecule has 0 saturated heterocycles. The standard InChI is InChI=1S/C16H16F3N3O3/c1-2-25-14-11(5-3-7-20-14)9-21-13(23)10-22-8-4-6-12(15(22)24)16(17,18)19/h3-8H,2,9-10H2,1H3,(H,21,23). The summed E-state index contributed by atoms with van der Waals surface area (Å²) in [6.45, 7) is 1.75. The Kier molecular flexibility index (Phi) is 5.79. The van der Waals surface area contributed by atoms with Crippen molar-refractivity contribution >= 4 is 5.91 Å². The van der Waals surface area contributed by atoms with Crippen LogP contribution in [0.25, 0.3) is 0 Å². The average Bonchev–Trinajstić information content (AvgIpc) is 2.55. The van der Waals surface area contributed by atoms with Crippen molar-refractivity contribution in [1.29, 1.82) is 0 Å². The third kappa shape index (κ3) is 4.82. The zero-order valence-corrected chi connectivity index (χ0v) is 13.3. The molecule has 0 aliphatic heterocycles. The lowest BCUT2D eigenvalue weighted by Crippen LogP contribution is -2.34. The minimum absolute atomic E-state index is 0.0791. The molecular formula is C16H16F3N3O3. The van der Waals surface area contributed by atoms with Crippen molar-refractivity contribution in [3.63, 3.8) is 0 Å². The number of hydrogen-bond donors (Lipinski definition) is 1. The molecule has 2 aromatic heterocycles. The van der Waals surface area contributed by atoms with Gasteiger partial charge < -0.3 is 14.6 Å². The normalized spacial score (nSPS) is 11.2. The summed E-state index contributed by atoms with van der Waals surface area (Å²) in [5.74, 6) is -0.241. The van der Waals surface area contributed by atoms with E-state index in [2.05, 4.69) is 10.3 Å². The molecule has 25 heavy (non-hydrogen) atoms. The number of rotatable bonds is 6. The fourth-order valence-corrected chi connectivity index (χ4v) is 2.11. The number of nitrogens with zero attached hydrogens (tertiary/aromatic N) is 2. The van der Waals surface area contributed by atoms with Gasteiger partial charge in [-0.15, -0.1) is 0 Å². The number of ether oxygens (including phenoxy) is 1. The molecule has 0 bridgehead atoms. The van der Waals surface area contributed by atoms with Crippen molar-refractivity contribution in [2.75, 3.05) is 6.61 Å². The Balaban J connectivity index is 2.06. The second-order valence-electron chi connectivity index (χ2n) is 5.03. The molecule has 0 unspecified atom stereocenters. The molecule has 134 valence electrons. The zero-order valence-electron chi connectivity index (χ0n) is 13.3. The van der Waals surface area contributed by atoms with Crippen LogP contribution in [0, 0.1) is 0 Å². The number of hydrogen-bond acceptors (Lipinski definition) is 4. The third-order valence-corrected chi connectivity index (χ3v) is 3.25. The number of amides is 1. The number of carbonyl (C=O) groups excluding carboxylic acids is 1. The first-order valence-corrected chi connectivity index (χ1v) is 7.43. The monoisotopic (exact) mass is 355 g/mol. The number of alkyl halides is 3. The van der Waals surface area contributed by atoms with Crippen molar-refractivity contribution in [2.45, 2.75) is 26.2 Å². The van der Waals surface area contributed by atoms with E-state index in [1.807, 2.05) is 0 Å². The van der Waals surface area contributed by atoms with Crippen LogP contribution in [0.1, 0.15) is 18.1 Å². The Morgan fingerprint density at radius 2 is 2.08 bits per heavy atom. The average molecular weight is 355 g/mol. The predicted octanol–water partition coefficient (Wildman–Crippen LogP) is 1.98. The van der Waals surface area contributed by atoms with E-state index in [9.17, 15) is 22.8 Å². The van der Waals surface area contributed by atoms with Gasteiger partial charge in [-0.3, -0.25) is 9.59 Å². The molecule has 0 radical (unpaired) electrons. The van der Waals surface area contributed by atoms with Crippen LogP contribution in [-0.2, 0) is 24.1 Å². The highest BCUT2D eigenvalue weighted by Crippen LogP contribution is 2.25. The summed E-state index contributed by atoms with van der Waals surface area (Å²) in [6, 6.07) is 5.13. The SMILES string of the molecule is CCOc1ncccc1CNC(=O)Cn1cccc(C(F)(F)F)c1=O. The van der Waals surface area contributed by atoms with E-state index in [4.69, 9.17) is 4.74 Å². The first-order chi connectivity index (χ1) is 11.8. The van der Waals surface area contributed by atoms with Crippen molar-refractivity contribution in [2.24, 2.45) is 0 Å².